The van der Waals surface area contributed by atoms with Crippen LogP contribution in [0.15, 0.2) is 24.3 Å². The van der Waals surface area contributed by atoms with E-state index in [1.807, 2.05) is 18.2 Å². The molecule has 4 fully saturated rings. The predicted octanol–water partition coefficient (Wildman–Crippen LogP) is 7.20. The number of hydrogen-bond acceptors (Lipinski definition) is 4. The van der Waals surface area contributed by atoms with Crippen LogP contribution in [0.4, 0.5) is 0 Å². The Labute approximate surface area is 238 Å². The van der Waals surface area contributed by atoms with E-state index in [2.05, 4.69) is 19.9 Å². The van der Waals surface area contributed by atoms with Gasteiger partial charge in [-0.1, -0.05) is 13.8 Å². The Kier molecular flexibility index (Phi) is 5.60. The fraction of sp³-hybridized carbons (Fsp3) is 0.667. The van der Waals surface area contributed by atoms with Crippen LogP contribution in [-0.2, 0) is 12.8 Å². The van der Waals surface area contributed by atoms with Crippen LogP contribution in [0.25, 0.3) is 11.1 Å². The number of benzene rings is 2. The normalized spacial score (nSPS) is 43.2. The summed E-state index contributed by atoms with van der Waals surface area (Å²) in [5, 5.41) is 44.1. The maximum Gasteiger partial charge on any atom is 0.123 e. The Hall–Kier alpha value is -2.04. The summed E-state index contributed by atoms with van der Waals surface area (Å²) in [4.78, 5) is 0. The van der Waals surface area contributed by atoms with Crippen molar-refractivity contribution in [1.82, 2.24) is 0 Å². The van der Waals surface area contributed by atoms with Gasteiger partial charge >= 0.3 is 0 Å². The highest BCUT2D eigenvalue weighted by atomic mass is 16.3. The fourth-order valence-electron chi connectivity index (χ4n) is 11.7. The maximum absolute atomic E-state index is 11.5. The quantitative estimate of drug-likeness (QED) is 0.307. The highest BCUT2D eigenvalue weighted by molar-refractivity contribution is 5.78. The molecule has 4 heteroatoms. The minimum Gasteiger partial charge on any atom is -0.508 e. The van der Waals surface area contributed by atoms with Crippen LogP contribution in [0.1, 0.15) is 112 Å². The highest BCUT2D eigenvalue weighted by Gasteiger charge is 2.56. The van der Waals surface area contributed by atoms with Crippen LogP contribution in [0, 0.1) is 34.5 Å². The average Bonchev–Trinajstić information content (AvgIpc) is 3.41. The van der Waals surface area contributed by atoms with E-state index in [1.165, 1.54) is 22.3 Å². The number of aryl methyl sites for hydroxylation is 2. The summed E-state index contributed by atoms with van der Waals surface area (Å²) in [6.07, 6.45) is 12.3. The fourth-order valence-corrected chi connectivity index (χ4v) is 11.7. The molecule has 4 nitrogen and oxygen atoms in total. The summed E-state index contributed by atoms with van der Waals surface area (Å²) in [6.45, 7) is 4.65. The van der Waals surface area contributed by atoms with Gasteiger partial charge in [0.2, 0.25) is 0 Å². The molecule has 0 heterocycles. The van der Waals surface area contributed by atoms with Crippen LogP contribution < -0.4 is 0 Å². The zero-order valence-electron chi connectivity index (χ0n) is 24.2. The van der Waals surface area contributed by atoms with E-state index in [0.29, 0.717) is 47.0 Å². The largest absolute Gasteiger partial charge is 0.508 e. The summed E-state index contributed by atoms with van der Waals surface area (Å²) in [7, 11) is 0. The third kappa shape index (κ3) is 3.38. The van der Waals surface area contributed by atoms with Gasteiger partial charge in [-0.05, 0) is 175 Å². The Morgan fingerprint density at radius 1 is 0.625 bits per heavy atom. The lowest BCUT2D eigenvalue weighted by atomic mass is 9.54. The first-order chi connectivity index (χ1) is 19.2. The molecule has 214 valence electrons. The average molecular weight is 543 g/mol. The van der Waals surface area contributed by atoms with E-state index < -0.39 is 0 Å². The molecular formula is C36H46O4. The minimum absolute atomic E-state index is 0.0298. The van der Waals surface area contributed by atoms with Crippen LogP contribution in [0.5, 0.6) is 11.5 Å². The number of phenolic OH excluding ortho intramolecular Hbond substituents is 2. The van der Waals surface area contributed by atoms with Crippen molar-refractivity contribution in [3.05, 3.63) is 46.5 Å². The second kappa shape index (κ2) is 8.74. The number of hydrogen-bond donors (Lipinski definition) is 4. The smallest absolute Gasteiger partial charge is 0.123 e. The van der Waals surface area contributed by atoms with Gasteiger partial charge in [0.15, 0.2) is 0 Å². The van der Waals surface area contributed by atoms with Crippen LogP contribution in [-0.4, -0.2) is 32.6 Å². The van der Waals surface area contributed by atoms with Crippen LogP contribution >= 0.6 is 0 Å². The molecular weight excluding hydrogens is 496 g/mol. The first-order valence-corrected chi connectivity index (χ1v) is 16.3. The van der Waals surface area contributed by atoms with E-state index in [9.17, 15) is 20.4 Å². The molecule has 6 aliphatic carbocycles. The van der Waals surface area contributed by atoms with Crippen LogP contribution in [0.3, 0.4) is 0 Å². The molecule has 0 spiro atoms. The zero-order valence-corrected chi connectivity index (χ0v) is 24.2. The van der Waals surface area contributed by atoms with Crippen molar-refractivity contribution in [2.75, 3.05) is 0 Å². The Balaban J connectivity index is 1.21. The molecule has 0 bridgehead atoms. The molecule has 4 saturated carbocycles. The molecule has 0 aliphatic heterocycles. The van der Waals surface area contributed by atoms with Gasteiger partial charge in [0.25, 0.3) is 0 Å². The summed E-state index contributed by atoms with van der Waals surface area (Å²) in [5.41, 5.74) is 7.33. The molecule has 0 unspecified atom stereocenters. The summed E-state index contributed by atoms with van der Waals surface area (Å²) in [5.74, 6) is 3.85. The number of aromatic hydroxyl groups is 2. The lowest BCUT2D eigenvalue weighted by molar-refractivity contribution is -0.0226. The summed E-state index contributed by atoms with van der Waals surface area (Å²) in [6, 6.07) is 8.25. The van der Waals surface area contributed by atoms with Gasteiger partial charge in [-0.2, -0.15) is 0 Å². The van der Waals surface area contributed by atoms with Crippen molar-refractivity contribution in [2.24, 2.45) is 34.5 Å². The van der Waals surface area contributed by atoms with E-state index in [4.69, 9.17) is 0 Å². The highest BCUT2D eigenvalue weighted by Crippen LogP contribution is 2.64. The second-order valence-corrected chi connectivity index (χ2v) is 15.2. The molecule has 2 aromatic rings. The number of aliphatic hydroxyl groups excluding tert-OH is 2. The van der Waals surface area contributed by atoms with Gasteiger partial charge in [-0.3, -0.25) is 0 Å². The molecule has 0 amide bonds. The molecule has 8 rings (SSSR count). The lowest BCUT2D eigenvalue weighted by Gasteiger charge is -2.51. The predicted molar refractivity (Wildman–Crippen MR) is 156 cm³/mol. The molecule has 40 heavy (non-hydrogen) atoms. The zero-order chi connectivity index (χ0) is 27.6. The molecule has 2 aromatic carbocycles. The van der Waals surface area contributed by atoms with Crippen molar-refractivity contribution in [2.45, 2.75) is 115 Å². The molecule has 10 atom stereocenters. The standard InChI is InChI=1S/C36H46O4/c1-35-13-11-22-23(29(35)7-9-32(35)39)5-3-19-16-31(38)27(18-26(19)22)28-17-21(37)15-20-4-6-24-25(34(20)28)12-14-36(2)30(24)8-10-33(36)40/h15-18,22-25,29-30,32-33,37-40H,3-14H2,1-2H3/t22-,23+,24+,25-,29-,30-,32+,33+,35-,36-/m0/s1. The monoisotopic (exact) mass is 542 g/mol. The SMILES string of the molecule is C[C@]12CC[C@@H]3c4cc(-c5cc(O)cc6c5[C@H]5CC[C@]7(C)[C@H](O)CC[C@H]7[C@@H]5CC6)c(O)cc4CC[C@H]3[C@@H]1CC[C@H]2O. The second-order valence-electron chi connectivity index (χ2n) is 15.2. The van der Waals surface area contributed by atoms with Crippen molar-refractivity contribution in [3.63, 3.8) is 0 Å². The number of fused-ring (bicyclic) bond motifs is 10. The molecule has 0 radical (unpaired) electrons. The first kappa shape index (κ1) is 25.7. The van der Waals surface area contributed by atoms with E-state index in [0.717, 1.165) is 88.2 Å². The van der Waals surface area contributed by atoms with E-state index in [1.54, 1.807) is 0 Å². The van der Waals surface area contributed by atoms with Gasteiger partial charge in [-0.25, -0.2) is 0 Å². The van der Waals surface area contributed by atoms with Crippen molar-refractivity contribution >= 4 is 0 Å². The van der Waals surface area contributed by atoms with Crippen molar-refractivity contribution < 1.29 is 20.4 Å². The Morgan fingerprint density at radius 2 is 1.23 bits per heavy atom. The van der Waals surface area contributed by atoms with Gasteiger partial charge in [-0.15, -0.1) is 0 Å². The number of phenols is 2. The molecule has 4 N–H and O–H groups in total. The number of aliphatic hydroxyl groups is 2. The van der Waals surface area contributed by atoms with Gasteiger partial charge in [0.05, 0.1) is 12.2 Å². The van der Waals surface area contributed by atoms with Crippen molar-refractivity contribution in [3.8, 4) is 22.6 Å². The van der Waals surface area contributed by atoms with Gasteiger partial charge < -0.3 is 20.4 Å². The molecule has 6 aliphatic rings. The van der Waals surface area contributed by atoms with Crippen molar-refractivity contribution in [1.29, 1.82) is 0 Å². The molecule has 0 saturated heterocycles. The minimum atomic E-state index is -0.185. The van der Waals surface area contributed by atoms with E-state index in [-0.39, 0.29) is 23.0 Å². The first-order valence-electron chi connectivity index (χ1n) is 16.3. The summed E-state index contributed by atoms with van der Waals surface area (Å²) < 4.78 is 0. The summed E-state index contributed by atoms with van der Waals surface area (Å²) >= 11 is 0. The molecule has 0 aromatic heterocycles. The Morgan fingerprint density at radius 3 is 1.90 bits per heavy atom. The Bertz CT molecular complexity index is 1370. The number of rotatable bonds is 1. The third-order valence-electron chi connectivity index (χ3n) is 13.8. The maximum atomic E-state index is 11.5. The topological polar surface area (TPSA) is 80.9 Å². The third-order valence-corrected chi connectivity index (χ3v) is 13.8. The van der Waals surface area contributed by atoms with Gasteiger partial charge in [0.1, 0.15) is 11.5 Å². The van der Waals surface area contributed by atoms with Gasteiger partial charge in [0, 0.05) is 5.56 Å². The van der Waals surface area contributed by atoms with Crippen LogP contribution in [0.2, 0.25) is 0 Å². The lowest BCUT2D eigenvalue weighted by Crippen LogP contribution is -2.44. The van der Waals surface area contributed by atoms with E-state index >= 15 is 0 Å².